The second-order valence-corrected chi connectivity index (χ2v) is 2.95. The Morgan fingerprint density at radius 1 is 1.36 bits per heavy atom. The number of hydrogen-bond acceptors (Lipinski definition) is 2. The number of nitrogens with one attached hydrogen (secondary N) is 2. The van der Waals surface area contributed by atoms with Crippen molar-refractivity contribution in [2.75, 3.05) is 0 Å². The molecule has 0 aliphatic carbocycles. The van der Waals surface area contributed by atoms with Crippen LogP contribution in [0.1, 0.15) is 5.76 Å². The second-order valence-electron chi connectivity index (χ2n) is 2.95. The van der Waals surface area contributed by atoms with Gasteiger partial charge in [0.25, 0.3) is 0 Å². The standard InChI is InChI=1S/C10H11N3O/c1-7(11)10-6-8-4-2-3-5-9(8)12-13-14-10/h2-6,12-13H,1,11H2. The minimum Gasteiger partial charge on any atom is -0.396 e. The Morgan fingerprint density at radius 2 is 2.14 bits per heavy atom. The van der Waals surface area contributed by atoms with E-state index in [0.29, 0.717) is 11.5 Å². The van der Waals surface area contributed by atoms with Crippen molar-refractivity contribution in [1.82, 2.24) is 10.4 Å². The molecular formula is C10H11N3O. The van der Waals surface area contributed by atoms with Crippen LogP contribution in [0, 0.1) is 0 Å². The summed E-state index contributed by atoms with van der Waals surface area (Å²) in [5.41, 5.74) is 6.86. The van der Waals surface area contributed by atoms with Gasteiger partial charge in [0, 0.05) is 5.39 Å². The van der Waals surface area contributed by atoms with Gasteiger partial charge in [0.2, 0.25) is 0 Å². The van der Waals surface area contributed by atoms with Crippen LogP contribution in [0.5, 0.6) is 0 Å². The number of aromatic amines is 2. The maximum absolute atomic E-state index is 5.54. The minimum absolute atomic E-state index is 0.385. The monoisotopic (exact) mass is 189 g/mol. The van der Waals surface area contributed by atoms with Crippen LogP contribution in [0.25, 0.3) is 16.6 Å². The number of hydrogen-bond donors (Lipinski definition) is 3. The molecule has 4 heteroatoms. The number of rotatable bonds is 1. The predicted molar refractivity (Wildman–Crippen MR) is 55.8 cm³/mol. The van der Waals surface area contributed by atoms with Crippen LogP contribution in [0.15, 0.2) is 41.4 Å². The van der Waals surface area contributed by atoms with Crippen LogP contribution >= 0.6 is 0 Å². The molecule has 0 spiro atoms. The van der Waals surface area contributed by atoms with Crippen molar-refractivity contribution < 1.29 is 4.52 Å². The third-order valence-electron chi connectivity index (χ3n) is 1.91. The highest BCUT2D eigenvalue weighted by Gasteiger charge is 1.97. The van der Waals surface area contributed by atoms with Crippen molar-refractivity contribution in [3.05, 3.63) is 42.7 Å². The Balaban J connectivity index is 2.78. The first-order valence-electron chi connectivity index (χ1n) is 4.21. The van der Waals surface area contributed by atoms with Gasteiger partial charge in [-0.25, -0.2) is 0 Å². The van der Waals surface area contributed by atoms with Gasteiger partial charge in [-0.15, -0.1) is 0 Å². The van der Waals surface area contributed by atoms with Crippen LogP contribution in [0.3, 0.4) is 0 Å². The van der Waals surface area contributed by atoms with Gasteiger partial charge in [0.05, 0.1) is 11.2 Å². The molecule has 2 rings (SSSR count). The fraction of sp³-hybridized carbons (Fsp3) is 0. The molecule has 0 radical (unpaired) electrons. The first-order valence-corrected chi connectivity index (χ1v) is 4.21. The van der Waals surface area contributed by atoms with E-state index < -0.39 is 0 Å². The average molecular weight is 189 g/mol. The zero-order chi connectivity index (χ0) is 9.97. The van der Waals surface area contributed by atoms with E-state index in [2.05, 4.69) is 16.9 Å². The molecule has 0 atom stereocenters. The summed E-state index contributed by atoms with van der Waals surface area (Å²) in [4.78, 5) is 0. The van der Waals surface area contributed by atoms with E-state index in [0.717, 1.165) is 10.9 Å². The maximum Gasteiger partial charge on any atom is 0.179 e. The third-order valence-corrected chi connectivity index (χ3v) is 1.91. The Bertz CT molecular complexity index is 502. The van der Waals surface area contributed by atoms with E-state index in [-0.39, 0.29) is 0 Å². The van der Waals surface area contributed by atoms with Crippen LogP contribution in [0.4, 0.5) is 0 Å². The molecule has 4 N–H and O–H groups in total. The number of benzene rings is 1. The van der Waals surface area contributed by atoms with Crippen molar-refractivity contribution in [2.45, 2.75) is 0 Å². The zero-order valence-corrected chi connectivity index (χ0v) is 7.58. The molecule has 0 aliphatic heterocycles. The van der Waals surface area contributed by atoms with Crippen molar-refractivity contribution in [3.8, 4) is 0 Å². The lowest BCUT2D eigenvalue weighted by Crippen LogP contribution is -1.91. The Kier molecular flexibility index (Phi) is 2.02. The van der Waals surface area contributed by atoms with E-state index in [1.165, 1.54) is 0 Å². The first-order chi connectivity index (χ1) is 6.77. The molecular weight excluding hydrogens is 178 g/mol. The molecule has 0 saturated carbocycles. The fourth-order valence-electron chi connectivity index (χ4n) is 1.20. The predicted octanol–water partition coefficient (Wildman–Crippen LogP) is 2.14. The summed E-state index contributed by atoms with van der Waals surface area (Å²) >= 11 is 0. The van der Waals surface area contributed by atoms with E-state index in [4.69, 9.17) is 10.3 Å². The Hall–Kier alpha value is -2.10. The Morgan fingerprint density at radius 3 is 2.93 bits per heavy atom. The van der Waals surface area contributed by atoms with Gasteiger partial charge in [0.15, 0.2) is 5.76 Å². The summed E-state index contributed by atoms with van der Waals surface area (Å²) in [5.74, 6) is 0.516. The molecule has 1 heterocycles. The fourth-order valence-corrected chi connectivity index (χ4v) is 1.20. The molecule has 1 aromatic carbocycles. The molecule has 2 aromatic rings. The number of fused-ring (bicyclic) bond motifs is 1. The SMILES string of the molecule is C=C(N)c1cc2ccccc2[nH][nH]o1. The highest BCUT2D eigenvalue weighted by atomic mass is 16.5. The summed E-state index contributed by atoms with van der Waals surface area (Å²) in [6, 6.07) is 9.60. The molecule has 72 valence electrons. The lowest BCUT2D eigenvalue weighted by Gasteiger charge is -1.91. The van der Waals surface area contributed by atoms with Gasteiger partial charge in [0.1, 0.15) is 0 Å². The Labute approximate surface area is 80.7 Å². The molecule has 4 nitrogen and oxygen atoms in total. The third kappa shape index (κ3) is 1.50. The molecule has 0 bridgehead atoms. The van der Waals surface area contributed by atoms with Crippen molar-refractivity contribution >= 4 is 16.6 Å². The molecule has 1 aromatic heterocycles. The highest BCUT2D eigenvalue weighted by molar-refractivity contribution is 5.79. The molecule has 0 amide bonds. The average Bonchev–Trinajstić information content (AvgIpc) is 2.39. The van der Waals surface area contributed by atoms with Crippen molar-refractivity contribution in [1.29, 1.82) is 0 Å². The normalized spacial score (nSPS) is 10.0. The first kappa shape index (κ1) is 8.50. The lowest BCUT2D eigenvalue weighted by atomic mass is 10.2. The van der Waals surface area contributed by atoms with Gasteiger partial charge < -0.3 is 10.3 Å². The lowest BCUT2D eigenvalue weighted by molar-refractivity contribution is 0.362. The topological polar surface area (TPSA) is 70.7 Å². The summed E-state index contributed by atoms with van der Waals surface area (Å²) in [6.45, 7) is 3.61. The van der Waals surface area contributed by atoms with E-state index in [1.807, 2.05) is 30.3 Å². The van der Waals surface area contributed by atoms with E-state index >= 15 is 0 Å². The number of para-hydroxylation sites is 1. The summed E-state index contributed by atoms with van der Waals surface area (Å²) in [5, 5.41) is 6.46. The van der Waals surface area contributed by atoms with Crippen LogP contribution < -0.4 is 5.73 Å². The summed E-state index contributed by atoms with van der Waals surface area (Å²) in [6.07, 6.45) is 0. The van der Waals surface area contributed by atoms with E-state index in [1.54, 1.807) is 0 Å². The molecule has 0 saturated heterocycles. The van der Waals surface area contributed by atoms with Crippen LogP contribution in [0.2, 0.25) is 0 Å². The van der Waals surface area contributed by atoms with Gasteiger partial charge in [-0.1, -0.05) is 24.8 Å². The van der Waals surface area contributed by atoms with Gasteiger partial charge >= 0.3 is 0 Å². The number of H-pyrrole nitrogens is 2. The second kappa shape index (κ2) is 3.33. The molecule has 0 fully saturated rings. The largest absolute Gasteiger partial charge is 0.396 e. The van der Waals surface area contributed by atoms with E-state index in [9.17, 15) is 0 Å². The molecule has 14 heavy (non-hydrogen) atoms. The van der Waals surface area contributed by atoms with Crippen molar-refractivity contribution in [2.24, 2.45) is 5.73 Å². The molecule has 0 aliphatic rings. The zero-order valence-electron chi connectivity index (χ0n) is 7.58. The number of nitrogens with two attached hydrogens (primary N) is 1. The van der Waals surface area contributed by atoms with Gasteiger partial charge in [-0.05, 0) is 12.1 Å². The van der Waals surface area contributed by atoms with Crippen LogP contribution in [-0.2, 0) is 0 Å². The summed E-state index contributed by atoms with van der Waals surface area (Å²) < 4.78 is 5.12. The highest BCUT2D eigenvalue weighted by Crippen LogP contribution is 2.12. The van der Waals surface area contributed by atoms with Gasteiger partial charge in [-0.2, -0.15) is 5.27 Å². The molecule has 0 unspecified atom stereocenters. The quantitative estimate of drug-likeness (QED) is 0.643. The number of aromatic nitrogens is 2. The van der Waals surface area contributed by atoms with Gasteiger partial charge in [-0.3, -0.25) is 5.10 Å². The smallest absolute Gasteiger partial charge is 0.179 e. The minimum atomic E-state index is 0.385. The van der Waals surface area contributed by atoms with Crippen molar-refractivity contribution in [3.63, 3.8) is 0 Å². The maximum atomic E-state index is 5.54. The van der Waals surface area contributed by atoms with Crippen LogP contribution in [-0.4, -0.2) is 10.4 Å². The summed E-state index contributed by atoms with van der Waals surface area (Å²) in [7, 11) is 0.